The van der Waals surface area contributed by atoms with Crippen LogP contribution in [0.25, 0.3) is 0 Å². The number of hydrogen-bond donors (Lipinski definition) is 2. The van der Waals surface area contributed by atoms with E-state index in [4.69, 9.17) is 9.47 Å². The van der Waals surface area contributed by atoms with E-state index in [0.29, 0.717) is 6.04 Å². The van der Waals surface area contributed by atoms with Crippen LogP contribution in [0.1, 0.15) is 6.42 Å². The predicted octanol–water partition coefficient (Wildman–Crippen LogP) is 1.48. The number of nitrogens with one attached hydrogen (secondary N) is 2. The summed E-state index contributed by atoms with van der Waals surface area (Å²) in [6.45, 7) is 1.71. The Labute approximate surface area is 95.9 Å². The maximum atomic E-state index is 5.69. The molecular formula is C12H18N2O2. The number of rotatable bonds is 4. The molecule has 1 unspecified atom stereocenters. The largest absolute Gasteiger partial charge is 0.497 e. The smallest absolute Gasteiger partial charge is 0.142 e. The van der Waals surface area contributed by atoms with Crippen molar-refractivity contribution in [2.75, 3.05) is 32.6 Å². The third-order valence-electron chi connectivity index (χ3n) is 2.73. The highest BCUT2D eigenvalue weighted by atomic mass is 16.5. The summed E-state index contributed by atoms with van der Waals surface area (Å²) in [6.07, 6.45) is 1.05. The second-order valence-corrected chi connectivity index (χ2v) is 3.91. The number of methoxy groups -OCH3 is 1. The summed E-state index contributed by atoms with van der Waals surface area (Å²) in [5.74, 6) is 1.76. The van der Waals surface area contributed by atoms with Crippen molar-refractivity contribution < 1.29 is 9.47 Å². The lowest BCUT2D eigenvalue weighted by Crippen LogP contribution is -2.33. The van der Waals surface area contributed by atoms with Gasteiger partial charge in [0.25, 0.3) is 0 Å². The van der Waals surface area contributed by atoms with Crippen LogP contribution >= 0.6 is 0 Å². The molecule has 16 heavy (non-hydrogen) atoms. The Morgan fingerprint density at radius 1 is 1.56 bits per heavy atom. The van der Waals surface area contributed by atoms with Crippen LogP contribution in [0.5, 0.6) is 11.5 Å². The van der Waals surface area contributed by atoms with Gasteiger partial charge in [-0.05, 0) is 32.1 Å². The van der Waals surface area contributed by atoms with Gasteiger partial charge in [0.05, 0.1) is 18.8 Å². The van der Waals surface area contributed by atoms with Gasteiger partial charge in [0.1, 0.15) is 18.1 Å². The summed E-state index contributed by atoms with van der Waals surface area (Å²) in [4.78, 5) is 0. The first-order chi connectivity index (χ1) is 7.83. The minimum atomic E-state index is 0.368. The number of benzene rings is 1. The standard InChI is InChI=1S/C12H18N2O2/c1-13-6-5-9-8-16-12-4-3-10(15-2)7-11(12)14-9/h3-4,7,9,13-14H,5-6,8H2,1-2H3. The highest BCUT2D eigenvalue weighted by molar-refractivity contribution is 5.61. The second kappa shape index (κ2) is 5.07. The average Bonchev–Trinajstić information content (AvgIpc) is 2.35. The van der Waals surface area contributed by atoms with Crippen molar-refractivity contribution in [2.45, 2.75) is 12.5 Å². The minimum Gasteiger partial charge on any atom is -0.497 e. The Bertz CT molecular complexity index is 355. The molecule has 4 nitrogen and oxygen atoms in total. The van der Waals surface area contributed by atoms with E-state index >= 15 is 0 Å². The molecule has 0 saturated heterocycles. The molecule has 0 radical (unpaired) electrons. The zero-order valence-electron chi connectivity index (χ0n) is 9.75. The van der Waals surface area contributed by atoms with Gasteiger partial charge in [-0.15, -0.1) is 0 Å². The number of anilines is 1. The maximum Gasteiger partial charge on any atom is 0.142 e. The molecule has 0 aliphatic carbocycles. The van der Waals surface area contributed by atoms with Crippen LogP contribution in [0.2, 0.25) is 0 Å². The van der Waals surface area contributed by atoms with Gasteiger partial charge in [0.2, 0.25) is 0 Å². The molecule has 0 saturated carbocycles. The Kier molecular flexibility index (Phi) is 3.51. The summed E-state index contributed by atoms with van der Waals surface area (Å²) in [6, 6.07) is 6.19. The van der Waals surface area contributed by atoms with Gasteiger partial charge in [-0.25, -0.2) is 0 Å². The SMILES string of the molecule is CNCCC1COc2ccc(OC)cc2N1. The molecule has 1 atom stereocenters. The molecule has 1 aromatic carbocycles. The van der Waals surface area contributed by atoms with Gasteiger partial charge in [-0.2, -0.15) is 0 Å². The Morgan fingerprint density at radius 3 is 3.19 bits per heavy atom. The van der Waals surface area contributed by atoms with E-state index < -0.39 is 0 Å². The molecule has 4 heteroatoms. The van der Waals surface area contributed by atoms with Gasteiger partial charge >= 0.3 is 0 Å². The summed E-state index contributed by atoms with van der Waals surface area (Å²) < 4.78 is 10.9. The fourth-order valence-electron chi connectivity index (χ4n) is 1.80. The monoisotopic (exact) mass is 222 g/mol. The van der Waals surface area contributed by atoms with Gasteiger partial charge in [-0.3, -0.25) is 0 Å². The third-order valence-corrected chi connectivity index (χ3v) is 2.73. The minimum absolute atomic E-state index is 0.368. The van der Waals surface area contributed by atoms with Gasteiger partial charge in [0.15, 0.2) is 0 Å². The summed E-state index contributed by atoms with van der Waals surface area (Å²) in [5.41, 5.74) is 1.02. The molecule has 88 valence electrons. The molecule has 2 N–H and O–H groups in total. The van der Waals surface area contributed by atoms with Crippen molar-refractivity contribution in [3.05, 3.63) is 18.2 Å². The second-order valence-electron chi connectivity index (χ2n) is 3.91. The van der Waals surface area contributed by atoms with E-state index in [2.05, 4.69) is 10.6 Å². The van der Waals surface area contributed by atoms with Crippen LogP contribution in [-0.4, -0.2) is 33.4 Å². The first-order valence-corrected chi connectivity index (χ1v) is 5.55. The van der Waals surface area contributed by atoms with Crippen molar-refractivity contribution in [1.29, 1.82) is 0 Å². The Morgan fingerprint density at radius 2 is 2.44 bits per heavy atom. The highest BCUT2D eigenvalue weighted by Gasteiger charge is 2.18. The molecule has 0 amide bonds. The van der Waals surface area contributed by atoms with E-state index in [1.54, 1.807) is 7.11 Å². The Hall–Kier alpha value is -1.42. The van der Waals surface area contributed by atoms with Gasteiger partial charge in [0, 0.05) is 6.07 Å². The quantitative estimate of drug-likeness (QED) is 0.809. The first-order valence-electron chi connectivity index (χ1n) is 5.55. The fraction of sp³-hybridized carbons (Fsp3) is 0.500. The third kappa shape index (κ3) is 2.39. The number of fused-ring (bicyclic) bond motifs is 1. The van der Waals surface area contributed by atoms with E-state index in [0.717, 1.165) is 36.8 Å². The fourth-order valence-corrected chi connectivity index (χ4v) is 1.80. The summed E-state index contributed by atoms with van der Waals surface area (Å²) >= 11 is 0. The molecule has 1 heterocycles. The van der Waals surface area contributed by atoms with Crippen molar-refractivity contribution in [2.24, 2.45) is 0 Å². The lowest BCUT2D eigenvalue weighted by Gasteiger charge is -2.27. The maximum absolute atomic E-state index is 5.69. The van der Waals surface area contributed by atoms with Crippen molar-refractivity contribution in [3.63, 3.8) is 0 Å². The first kappa shape index (κ1) is 11.1. The molecule has 2 rings (SSSR count). The number of ether oxygens (including phenoxy) is 2. The normalized spacial score (nSPS) is 18.2. The van der Waals surface area contributed by atoms with Crippen molar-refractivity contribution >= 4 is 5.69 Å². The highest BCUT2D eigenvalue weighted by Crippen LogP contribution is 2.32. The lowest BCUT2D eigenvalue weighted by atomic mass is 10.1. The predicted molar refractivity (Wildman–Crippen MR) is 64.4 cm³/mol. The van der Waals surface area contributed by atoms with Crippen LogP contribution in [0.4, 0.5) is 5.69 Å². The van der Waals surface area contributed by atoms with Gasteiger partial charge in [-0.1, -0.05) is 0 Å². The molecule has 0 spiro atoms. The van der Waals surface area contributed by atoms with E-state index in [-0.39, 0.29) is 0 Å². The summed E-state index contributed by atoms with van der Waals surface area (Å²) in [5, 5.41) is 6.60. The average molecular weight is 222 g/mol. The molecule has 1 aliphatic heterocycles. The van der Waals surface area contributed by atoms with Crippen LogP contribution < -0.4 is 20.1 Å². The number of hydrogen-bond acceptors (Lipinski definition) is 4. The molecule has 0 bridgehead atoms. The Balaban J connectivity index is 2.06. The van der Waals surface area contributed by atoms with E-state index in [1.165, 1.54) is 0 Å². The summed E-state index contributed by atoms with van der Waals surface area (Å²) in [7, 11) is 3.63. The van der Waals surface area contributed by atoms with Crippen LogP contribution in [-0.2, 0) is 0 Å². The van der Waals surface area contributed by atoms with Crippen LogP contribution in [0.3, 0.4) is 0 Å². The zero-order valence-corrected chi connectivity index (χ0v) is 9.75. The lowest BCUT2D eigenvalue weighted by molar-refractivity contribution is 0.277. The molecular weight excluding hydrogens is 204 g/mol. The molecule has 1 aliphatic rings. The zero-order chi connectivity index (χ0) is 11.4. The van der Waals surface area contributed by atoms with Gasteiger partial charge < -0.3 is 20.1 Å². The van der Waals surface area contributed by atoms with Crippen molar-refractivity contribution in [1.82, 2.24) is 5.32 Å². The molecule has 0 aromatic heterocycles. The van der Waals surface area contributed by atoms with Crippen molar-refractivity contribution in [3.8, 4) is 11.5 Å². The molecule has 0 fully saturated rings. The van der Waals surface area contributed by atoms with Crippen LogP contribution in [0, 0.1) is 0 Å². The topological polar surface area (TPSA) is 42.5 Å². The molecule has 1 aromatic rings. The van der Waals surface area contributed by atoms with Crippen LogP contribution in [0.15, 0.2) is 18.2 Å². The van der Waals surface area contributed by atoms with E-state index in [9.17, 15) is 0 Å². The van der Waals surface area contributed by atoms with E-state index in [1.807, 2.05) is 25.2 Å².